The highest BCUT2D eigenvalue weighted by Gasteiger charge is 2.34. The molecular formula is C49H54ClF3N8O8S. The molecule has 2 amide bonds. The molecule has 2 aliphatic heterocycles. The van der Waals surface area contributed by atoms with Gasteiger partial charge in [-0.05, 0) is 84.3 Å². The number of morpholine rings is 1. The predicted octanol–water partition coefficient (Wildman–Crippen LogP) is 9.14. The van der Waals surface area contributed by atoms with Gasteiger partial charge in [0.25, 0.3) is 21.6 Å². The first-order valence-electron chi connectivity index (χ1n) is 22.9. The fourth-order valence-electron chi connectivity index (χ4n) is 9.09. The number of ether oxygens (including phenoxy) is 2. The summed E-state index contributed by atoms with van der Waals surface area (Å²) >= 11 is 6.54. The Kier molecular flexibility index (Phi) is 14.5. The quantitative estimate of drug-likeness (QED) is 0.0707. The summed E-state index contributed by atoms with van der Waals surface area (Å²) in [5, 5.41) is 16.0. The zero-order valence-electron chi connectivity index (χ0n) is 39.1. The van der Waals surface area contributed by atoms with Crippen LogP contribution >= 0.6 is 11.6 Å². The fourth-order valence-corrected chi connectivity index (χ4v) is 10.4. The number of carbonyl (C=O) groups is 2. The van der Waals surface area contributed by atoms with E-state index in [2.05, 4.69) is 43.7 Å². The summed E-state index contributed by atoms with van der Waals surface area (Å²) < 4.78 is 82.2. The number of nitrogens with one attached hydrogen (secondary N) is 3. The number of nitro benzene ring substituents is 1. The number of hydrogen-bond acceptors (Lipinski definition) is 12. The van der Waals surface area contributed by atoms with Gasteiger partial charge >= 0.3 is 6.18 Å². The van der Waals surface area contributed by atoms with E-state index in [4.69, 9.17) is 21.1 Å². The Bertz CT molecular complexity index is 2950. The lowest BCUT2D eigenvalue weighted by Gasteiger charge is -2.39. The standard InChI is InChI=1S/C49H54ClF3N8O8S/c1-30(2)47(63)60-19-20-68-36(29-60)27-55-42-10-7-37(24-43(42)61(64)65)70(66,67)57-46(62)39-9-6-34(23-44(39)69-35-21-31-12-14-54-45(31)56-26-35)59-17-15-58(16-18-59)28-32-11-13-48(3,4)25-40(32)38-8-5-33(22-41(38)50)49(51,52)53/h5-10,12,14,21-24,26,30,36,55H,11,13,15-20,25,27-29H2,1-4H3,(H,54,56)(H,57,62)/t36-/m1/s1. The van der Waals surface area contributed by atoms with E-state index in [1.807, 2.05) is 0 Å². The van der Waals surface area contributed by atoms with Gasteiger partial charge in [-0.1, -0.05) is 50.9 Å². The van der Waals surface area contributed by atoms with E-state index in [0.717, 1.165) is 53.6 Å². The third-order valence-corrected chi connectivity index (χ3v) is 14.6. The smallest absolute Gasteiger partial charge is 0.416 e. The lowest BCUT2D eigenvalue weighted by atomic mass is 9.72. The number of nitro groups is 1. The van der Waals surface area contributed by atoms with Crippen molar-refractivity contribution >= 4 is 67.1 Å². The third-order valence-electron chi connectivity index (χ3n) is 12.9. The summed E-state index contributed by atoms with van der Waals surface area (Å²) in [5.41, 5.74) is 2.52. The van der Waals surface area contributed by atoms with Crippen molar-refractivity contribution in [2.24, 2.45) is 11.3 Å². The molecule has 2 aromatic heterocycles. The molecule has 0 saturated carbocycles. The minimum absolute atomic E-state index is 0.0224. The van der Waals surface area contributed by atoms with Crippen LogP contribution < -0.4 is 19.7 Å². The number of hydrogen-bond donors (Lipinski definition) is 3. The molecule has 1 aliphatic carbocycles. The number of H-pyrrole nitrogens is 1. The van der Waals surface area contributed by atoms with Gasteiger partial charge in [0.15, 0.2) is 0 Å². The van der Waals surface area contributed by atoms with Gasteiger partial charge in [0.2, 0.25) is 5.91 Å². The minimum atomic E-state index is -4.68. The highest BCUT2D eigenvalue weighted by atomic mass is 35.5. The van der Waals surface area contributed by atoms with Gasteiger partial charge in [0.05, 0.1) is 39.9 Å². The van der Waals surface area contributed by atoms with Gasteiger partial charge < -0.3 is 29.6 Å². The van der Waals surface area contributed by atoms with Crippen molar-refractivity contribution in [3.63, 3.8) is 0 Å². The number of rotatable bonds is 14. The van der Waals surface area contributed by atoms with Crippen LogP contribution in [0.15, 0.2) is 89.6 Å². The van der Waals surface area contributed by atoms with Gasteiger partial charge in [-0.15, -0.1) is 0 Å². The third kappa shape index (κ3) is 11.5. The predicted molar refractivity (Wildman–Crippen MR) is 260 cm³/mol. The Morgan fingerprint density at radius 1 is 1.04 bits per heavy atom. The van der Waals surface area contributed by atoms with Gasteiger partial charge in [-0.25, -0.2) is 18.1 Å². The topological polar surface area (TPSA) is 192 Å². The number of pyridine rings is 1. The number of fused-ring (bicyclic) bond motifs is 1. The summed E-state index contributed by atoms with van der Waals surface area (Å²) in [4.78, 5) is 51.0. The molecule has 8 rings (SSSR count). The highest BCUT2D eigenvalue weighted by Crippen LogP contribution is 2.46. The van der Waals surface area contributed by atoms with Crippen molar-refractivity contribution in [2.45, 2.75) is 64.1 Å². The van der Waals surface area contributed by atoms with Crippen molar-refractivity contribution in [3.05, 3.63) is 117 Å². The number of alkyl halides is 3. The number of aromatic amines is 1. The Morgan fingerprint density at radius 3 is 2.53 bits per heavy atom. The second-order valence-electron chi connectivity index (χ2n) is 18.9. The van der Waals surface area contributed by atoms with Crippen LogP contribution in [0.3, 0.4) is 0 Å². The largest absolute Gasteiger partial charge is 0.455 e. The molecule has 2 fully saturated rings. The molecule has 21 heteroatoms. The summed E-state index contributed by atoms with van der Waals surface area (Å²) in [6, 6.07) is 15.1. The SMILES string of the molecule is CC(C)C(=O)N1CCO[C@H](CNc2ccc(S(=O)(=O)NC(=O)c3ccc(N4CCN(CC5=C(c6ccc(C(F)(F)F)cc6Cl)CC(C)(C)CC5)CC4)cc3Oc3cnc4[nH]ccc4c3)cc2[N+](=O)[O-])C1. The second kappa shape index (κ2) is 20.2. The number of sulfonamides is 1. The normalized spacial score (nSPS) is 18.0. The van der Waals surface area contributed by atoms with Crippen LogP contribution in [-0.4, -0.2) is 110 Å². The number of nitrogens with zero attached hydrogens (tertiary/aromatic N) is 5. The second-order valence-corrected chi connectivity index (χ2v) is 21.0. The number of benzene rings is 3. The van der Waals surface area contributed by atoms with E-state index >= 15 is 0 Å². The van der Waals surface area contributed by atoms with Gasteiger partial charge in [-0.2, -0.15) is 13.2 Å². The average Bonchev–Trinajstić information content (AvgIpc) is 3.79. The average molecular weight is 1010 g/mol. The molecule has 3 N–H and O–H groups in total. The van der Waals surface area contributed by atoms with Crippen LogP contribution in [0, 0.1) is 21.4 Å². The summed E-state index contributed by atoms with van der Waals surface area (Å²) in [7, 11) is -4.68. The van der Waals surface area contributed by atoms with Crippen molar-refractivity contribution < 1.29 is 45.6 Å². The van der Waals surface area contributed by atoms with Crippen LogP contribution in [-0.2, 0) is 25.7 Å². The molecule has 0 radical (unpaired) electrons. The number of piperazine rings is 1. The maximum Gasteiger partial charge on any atom is 0.416 e. The highest BCUT2D eigenvalue weighted by molar-refractivity contribution is 7.90. The summed E-state index contributed by atoms with van der Waals surface area (Å²) in [5.74, 6) is -0.982. The monoisotopic (exact) mass is 1010 g/mol. The molecule has 16 nitrogen and oxygen atoms in total. The number of aromatic nitrogens is 2. The molecule has 0 spiro atoms. The van der Waals surface area contributed by atoms with Gasteiger partial charge in [0, 0.05) is 92.7 Å². The lowest BCUT2D eigenvalue weighted by molar-refractivity contribution is -0.384. The summed E-state index contributed by atoms with van der Waals surface area (Å²) in [6.07, 6.45) is 0.576. The van der Waals surface area contributed by atoms with Crippen LogP contribution in [0.2, 0.25) is 5.02 Å². The first kappa shape index (κ1) is 50.2. The maximum absolute atomic E-state index is 14.0. The maximum atomic E-state index is 14.0. The van der Waals surface area contributed by atoms with Crippen LogP contribution in [0.5, 0.6) is 11.5 Å². The zero-order chi connectivity index (χ0) is 50.1. The van der Waals surface area contributed by atoms with Crippen LogP contribution in [0.1, 0.15) is 68.4 Å². The molecule has 3 aromatic carbocycles. The summed E-state index contributed by atoms with van der Waals surface area (Å²) in [6.45, 7) is 12.0. The van der Waals surface area contributed by atoms with E-state index in [-0.39, 0.29) is 58.1 Å². The number of allylic oxidation sites excluding steroid dienone is 1. The molecule has 5 aromatic rings. The first-order chi connectivity index (χ1) is 33.1. The molecule has 4 heterocycles. The zero-order valence-corrected chi connectivity index (χ0v) is 40.6. The Morgan fingerprint density at radius 2 is 1.81 bits per heavy atom. The van der Waals surface area contributed by atoms with Crippen molar-refractivity contribution in [3.8, 4) is 11.5 Å². The minimum Gasteiger partial charge on any atom is -0.455 e. The first-order valence-corrected chi connectivity index (χ1v) is 24.8. The number of halogens is 4. The molecule has 0 bridgehead atoms. The fraction of sp³-hybridized carbons (Fsp3) is 0.408. The van der Waals surface area contributed by atoms with Crippen molar-refractivity contribution in [1.82, 2.24) is 24.5 Å². The van der Waals surface area contributed by atoms with Gasteiger partial charge in [-0.3, -0.25) is 24.6 Å². The van der Waals surface area contributed by atoms with Crippen LogP contribution in [0.4, 0.5) is 30.2 Å². The molecule has 2 saturated heterocycles. The van der Waals surface area contributed by atoms with E-state index in [1.54, 1.807) is 49.2 Å². The van der Waals surface area contributed by atoms with Crippen molar-refractivity contribution in [2.75, 3.05) is 69.2 Å². The van der Waals surface area contributed by atoms with E-state index in [9.17, 15) is 41.3 Å². The number of anilines is 2. The molecule has 372 valence electrons. The molecule has 3 aliphatic rings. The molecule has 70 heavy (non-hydrogen) atoms. The number of amides is 2. The van der Waals surface area contributed by atoms with E-state index in [0.29, 0.717) is 69.2 Å². The number of carbonyl (C=O) groups excluding carboxylic acids is 2. The van der Waals surface area contributed by atoms with Crippen molar-refractivity contribution in [1.29, 1.82) is 0 Å². The van der Waals surface area contributed by atoms with E-state index < -0.39 is 49.3 Å². The molecule has 0 unspecified atom stereocenters. The van der Waals surface area contributed by atoms with Gasteiger partial charge in [0.1, 0.15) is 22.8 Å². The van der Waals surface area contributed by atoms with E-state index in [1.165, 1.54) is 24.4 Å². The molecule has 1 atom stereocenters. The Balaban J connectivity index is 0.990. The van der Waals surface area contributed by atoms with Crippen LogP contribution in [0.25, 0.3) is 16.6 Å². The lowest BCUT2D eigenvalue weighted by Crippen LogP contribution is -2.49. The Labute approximate surface area is 408 Å². The Hall–Kier alpha value is -6.22. The molecular weight excluding hydrogens is 953 g/mol.